The monoisotopic (exact) mass is 317 g/mol. The molecular formula is C17H23N3O3. The second kappa shape index (κ2) is 5.30. The van der Waals surface area contributed by atoms with Crippen LogP contribution in [0, 0.1) is 6.92 Å². The van der Waals surface area contributed by atoms with Crippen LogP contribution in [0.2, 0.25) is 0 Å². The number of aryl methyl sites for hydroxylation is 2. The number of Topliss-reactive ketones (excluding diaryl/α,β-unsaturated/α-hetero) is 1. The highest BCUT2D eigenvalue weighted by Crippen LogP contribution is 2.42. The number of ketones is 1. The van der Waals surface area contributed by atoms with Crippen molar-refractivity contribution in [2.24, 2.45) is 7.05 Å². The summed E-state index contributed by atoms with van der Waals surface area (Å²) in [6, 6.07) is 5.39. The summed E-state index contributed by atoms with van der Waals surface area (Å²) in [7, 11) is 1.84. The highest BCUT2D eigenvalue weighted by molar-refractivity contribution is 5.94. The van der Waals surface area contributed by atoms with Crippen molar-refractivity contribution in [3.8, 4) is 17.4 Å². The van der Waals surface area contributed by atoms with Crippen molar-refractivity contribution in [3.05, 3.63) is 29.3 Å². The zero-order valence-corrected chi connectivity index (χ0v) is 14.1. The number of hydrogen-bond acceptors (Lipinski definition) is 5. The number of rotatable bonds is 3. The fourth-order valence-corrected chi connectivity index (χ4v) is 2.46. The van der Waals surface area contributed by atoms with Crippen LogP contribution in [-0.2, 0) is 7.05 Å². The molecule has 0 fully saturated rings. The van der Waals surface area contributed by atoms with Gasteiger partial charge in [-0.05, 0) is 39.3 Å². The van der Waals surface area contributed by atoms with Gasteiger partial charge >= 0.3 is 0 Å². The van der Waals surface area contributed by atoms with Gasteiger partial charge in [0.2, 0.25) is 5.75 Å². The van der Waals surface area contributed by atoms with Crippen molar-refractivity contribution in [2.75, 3.05) is 11.9 Å². The molecule has 1 aliphatic rings. The molecule has 0 radical (unpaired) electrons. The van der Waals surface area contributed by atoms with Gasteiger partial charge in [0.05, 0.1) is 5.54 Å². The van der Waals surface area contributed by atoms with E-state index in [0.29, 0.717) is 29.5 Å². The molecule has 0 bridgehead atoms. The molecule has 0 saturated carbocycles. The molecule has 1 aliphatic heterocycles. The average Bonchev–Trinajstić information content (AvgIpc) is 2.75. The van der Waals surface area contributed by atoms with E-state index in [1.54, 1.807) is 16.8 Å². The van der Waals surface area contributed by atoms with Crippen molar-refractivity contribution in [2.45, 2.75) is 33.2 Å². The first-order valence-corrected chi connectivity index (χ1v) is 7.54. The molecule has 1 aromatic carbocycles. The van der Waals surface area contributed by atoms with E-state index < -0.39 is 0 Å². The van der Waals surface area contributed by atoms with Crippen molar-refractivity contribution >= 4 is 11.6 Å². The molecule has 2 aromatic rings. The lowest BCUT2D eigenvalue weighted by Gasteiger charge is -2.31. The minimum absolute atomic E-state index is 0. The predicted octanol–water partition coefficient (Wildman–Crippen LogP) is 3.55. The molecule has 0 unspecified atom stereocenters. The maximum absolute atomic E-state index is 11.6. The Labute approximate surface area is 136 Å². The largest absolute Gasteiger partial charge is 0.483 e. The lowest BCUT2D eigenvalue weighted by Crippen LogP contribution is -2.41. The van der Waals surface area contributed by atoms with Crippen LogP contribution in [0.15, 0.2) is 18.2 Å². The van der Waals surface area contributed by atoms with Crippen molar-refractivity contribution < 1.29 is 15.7 Å². The molecule has 1 N–H and O–H groups in total. The van der Waals surface area contributed by atoms with Crippen molar-refractivity contribution in [3.63, 3.8) is 0 Å². The van der Waals surface area contributed by atoms with E-state index in [2.05, 4.69) is 24.3 Å². The third kappa shape index (κ3) is 2.88. The first kappa shape index (κ1) is 15.4. The lowest BCUT2D eigenvalue weighted by atomic mass is 10.1. The van der Waals surface area contributed by atoms with Crippen LogP contribution in [0.3, 0.4) is 0 Å². The summed E-state index contributed by atoms with van der Waals surface area (Å²) in [5.74, 6) is 2.38. The van der Waals surface area contributed by atoms with Gasteiger partial charge in [0, 0.05) is 14.0 Å². The number of fused-ring (bicyclic) bond motifs is 1. The molecular weight excluding hydrogens is 294 g/mol. The number of carbonyl (C=O) groups is 1. The van der Waals surface area contributed by atoms with Gasteiger partial charge in [0.25, 0.3) is 5.88 Å². The topological polar surface area (TPSA) is 65.4 Å². The summed E-state index contributed by atoms with van der Waals surface area (Å²) < 4.78 is 13.5. The zero-order valence-electron chi connectivity index (χ0n) is 14.1. The van der Waals surface area contributed by atoms with Gasteiger partial charge in [-0.3, -0.25) is 4.79 Å². The fraction of sp³-hybridized carbons (Fsp3) is 0.412. The zero-order chi connectivity index (χ0) is 16.8. The van der Waals surface area contributed by atoms with Gasteiger partial charge in [0.15, 0.2) is 11.6 Å². The van der Waals surface area contributed by atoms with E-state index in [1.165, 1.54) is 6.92 Å². The van der Waals surface area contributed by atoms with Gasteiger partial charge in [-0.25, -0.2) is 4.68 Å². The van der Waals surface area contributed by atoms with Crippen LogP contribution in [0.5, 0.6) is 17.4 Å². The van der Waals surface area contributed by atoms with Crippen LogP contribution < -0.4 is 14.8 Å². The number of ether oxygens (including phenoxy) is 2. The molecule has 0 spiro atoms. The molecule has 0 amide bonds. The Kier molecular flexibility index (Phi) is 3.55. The molecule has 6 nitrogen and oxygen atoms in total. The molecule has 6 heteroatoms. The van der Waals surface area contributed by atoms with E-state index in [-0.39, 0.29) is 12.7 Å². The Morgan fingerprint density at radius 3 is 2.91 bits per heavy atom. The SMILES string of the molecule is CC(=O)c1ccc(C)c(Oc2nn(C)c3c2OCC(C)(C)N3)c1.[HH]. The third-order valence-electron chi connectivity index (χ3n) is 3.81. The van der Waals surface area contributed by atoms with Gasteiger partial charge in [-0.1, -0.05) is 12.1 Å². The molecule has 1 aromatic heterocycles. The Balaban J connectivity index is 0.00000208. The summed E-state index contributed by atoms with van der Waals surface area (Å²) in [6.45, 7) is 8.10. The minimum atomic E-state index is -0.164. The number of nitrogens with zero attached hydrogens (tertiary/aromatic N) is 2. The lowest BCUT2D eigenvalue weighted by molar-refractivity contribution is 0.101. The first-order valence-electron chi connectivity index (χ1n) is 7.54. The maximum Gasteiger partial charge on any atom is 0.283 e. The minimum Gasteiger partial charge on any atom is -0.483 e. The number of nitrogens with one attached hydrogen (secondary N) is 1. The number of carbonyl (C=O) groups excluding carboxylic acids is 1. The molecule has 124 valence electrons. The molecule has 0 saturated heterocycles. The summed E-state index contributed by atoms with van der Waals surface area (Å²) in [5.41, 5.74) is 1.37. The Morgan fingerprint density at radius 2 is 2.22 bits per heavy atom. The Bertz CT molecular complexity index is 784. The number of anilines is 1. The van der Waals surface area contributed by atoms with E-state index in [0.717, 1.165) is 11.4 Å². The Morgan fingerprint density at radius 1 is 1.48 bits per heavy atom. The molecule has 3 rings (SSSR count). The summed E-state index contributed by atoms with van der Waals surface area (Å²) >= 11 is 0. The summed E-state index contributed by atoms with van der Waals surface area (Å²) in [4.78, 5) is 11.6. The van der Waals surface area contributed by atoms with Crippen molar-refractivity contribution in [1.82, 2.24) is 9.78 Å². The van der Waals surface area contributed by atoms with Gasteiger partial charge in [-0.15, -0.1) is 5.10 Å². The smallest absolute Gasteiger partial charge is 0.283 e. The number of aromatic nitrogens is 2. The van der Waals surface area contributed by atoms with Gasteiger partial charge < -0.3 is 14.8 Å². The second-order valence-corrected chi connectivity index (χ2v) is 6.54. The molecule has 23 heavy (non-hydrogen) atoms. The Hall–Kier alpha value is -2.50. The number of hydrogen-bond donors (Lipinski definition) is 1. The summed E-state index contributed by atoms with van der Waals surface area (Å²) in [6.07, 6.45) is 0. The van der Waals surface area contributed by atoms with E-state index in [1.807, 2.05) is 20.0 Å². The van der Waals surface area contributed by atoms with Crippen LogP contribution >= 0.6 is 0 Å². The summed E-state index contributed by atoms with van der Waals surface area (Å²) in [5, 5.41) is 7.79. The normalized spacial score (nSPS) is 15.3. The number of benzene rings is 1. The maximum atomic E-state index is 11.6. The third-order valence-corrected chi connectivity index (χ3v) is 3.81. The first-order chi connectivity index (χ1) is 10.8. The molecule has 0 atom stereocenters. The van der Waals surface area contributed by atoms with Gasteiger partial charge in [-0.2, -0.15) is 0 Å². The quantitative estimate of drug-likeness (QED) is 0.877. The average molecular weight is 317 g/mol. The van der Waals surface area contributed by atoms with Crippen LogP contribution in [0.1, 0.15) is 38.1 Å². The molecule has 2 heterocycles. The van der Waals surface area contributed by atoms with Crippen LogP contribution in [-0.4, -0.2) is 27.7 Å². The van der Waals surface area contributed by atoms with Gasteiger partial charge in [0.1, 0.15) is 12.4 Å². The second-order valence-electron chi connectivity index (χ2n) is 6.54. The predicted molar refractivity (Wildman–Crippen MR) is 89.8 cm³/mol. The van der Waals surface area contributed by atoms with E-state index in [9.17, 15) is 4.79 Å². The fourth-order valence-electron chi connectivity index (χ4n) is 2.46. The van der Waals surface area contributed by atoms with E-state index in [4.69, 9.17) is 9.47 Å². The van der Waals surface area contributed by atoms with Crippen LogP contribution in [0.4, 0.5) is 5.82 Å². The van der Waals surface area contributed by atoms with Crippen LogP contribution in [0.25, 0.3) is 0 Å². The highest BCUT2D eigenvalue weighted by Gasteiger charge is 2.32. The molecule has 0 aliphatic carbocycles. The standard InChI is InChI=1S/C17H21N3O3.H2/c1-10-6-7-12(11(2)21)8-13(10)23-16-14-15(20(5)19-16)18-17(3,4)9-22-14;/h6-8,18H,9H2,1-5H3;1H. The van der Waals surface area contributed by atoms with E-state index >= 15 is 0 Å². The highest BCUT2D eigenvalue weighted by atomic mass is 16.5. The van der Waals surface area contributed by atoms with Crippen molar-refractivity contribution in [1.29, 1.82) is 0 Å².